The normalized spacial score (nSPS) is 11.1. The number of thioether (sulfide) groups is 1. The molecule has 2 heterocycles. The van der Waals surface area contributed by atoms with Crippen LogP contribution < -0.4 is 5.73 Å². The van der Waals surface area contributed by atoms with Gasteiger partial charge in [0.1, 0.15) is 5.52 Å². The van der Waals surface area contributed by atoms with E-state index in [2.05, 4.69) is 16.0 Å². The number of anilines is 1. The number of imidazole rings is 1. The SMILES string of the molecule is CSc1cccc(-n2c(N)nc3cc(Cl)cnc32)c1. The number of pyridine rings is 1. The second-order valence-corrected chi connectivity index (χ2v) is 5.32. The second-order valence-electron chi connectivity index (χ2n) is 4.00. The van der Waals surface area contributed by atoms with E-state index in [1.807, 2.05) is 29.0 Å². The number of fused-ring (bicyclic) bond motifs is 1. The van der Waals surface area contributed by atoms with Crippen molar-refractivity contribution in [3.8, 4) is 5.69 Å². The molecule has 3 rings (SSSR count). The lowest BCUT2D eigenvalue weighted by Gasteiger charge is -2.07. The Bertz CT molecular complexity index is 753. The van der Waals surface area contributed by atoms with Gasteiger partial charge in [0, 0.05) is 11.1 Å². The van der Waals surface area contributed by atoms with Crippen molar-refractivity contribution < 1.29 is 0 Å². The third-order valence-electron chi connectivity index (χ3n) is 2.80. The summed E-state index contributed by atoms with van der Waals surface area (Å²) in [6, 6.07) is 9.83. The van der Waals surface area contributed by atoms with Crippen LogP contribution in [0.1, 0.15) is 0 Å². The first kappa shape index (κ1) is 12.3. The lowest BCUT2D eigenvalue weighted by molar-refractivity contribution is 1.07. The van der Waals surface area contributed by atoms with Crippen molar-refractivity contribution in [2.24, 2.45) is 0 Å². The summed E-state index contributed by atoms with van der Waals surface area (Å²) < 4.78 is 1.82. The summed E-state index contributed by atoms with van der Waals surface area (Å²) in [5.74, 6) is 0.406. The first-order valence-corrected chi connectivity index (χ1v) is 7.23. The summed E-state index contributed by atoms with van der Waals surface area (Å²) in [7, 11) is 0. The average Bonchev–Trinajstić information content (AvgIpc) is 2.73. The molecule has 0 aliphatic rings. The zero-order valence-electron chi connectivity index (χ0n) is 10.2. The van der Waals surface area contributed by atoms with Crippen LogP contribution in [0.15, 0.2) is 41.4 Å². The largest absolute Gasteiger partial charge is 0.369 e. The van der Waals surface area contributed by atoms with Crippen LogP contribution in [0.2, 0.25) is 5.02 Å². The fourth-order valence-electron chi connectivity index (χ4n) is 1.96. The van der Waals surface area contributed by atoms with Crippen molar-refractivity contribution >= 4 is 40.5 Å². The van der Waals surface area contributed by atoms with Crippen LogP contribution in [0.4, 0.5) is 5.95 Å². The van der Waals surface area contributed by atoms with E-state index >= 15 is 0 Å². The standard InChI is InChI=1S/C13H11ClN4S/c1-19-10-4-2-3-9(6-10)18-12-11(17-13(18)15)5-8(14)7-16-12/h2-7H,1H3,(H2,15,17). The summed E-state index contributed by atoms with van der Waals surface area (Å²) in [5, 5.41) is 0.551. The molecule has 96 valence electrons. The number of hydrogen-bond donors (Lipinski definition) is 1. The van der Waals surface area contributed by atoms with Crippen molar-refractivity contribution in [1.82, 2.24) is 14.5 Å². The molecule has 0 fully saturated rings. The van der Waals surface area contributed by atoms with Crippen molar-refractivity contribution in [3.05, 3.63) is 41.6 Å². The number of aromatic nitrogens is 3. The quantitative estimate of drug-likeness (QED) is 0.735. The van der Waals surface area contributed by atoms with Crippen LogP contribution in [0.5, 0.6) is 0 Å². The molecule has 4 nitrogen and oxygen atoms in total. The highest BCUT2D eigenvalue weighted by atomic mass is 35.5. The molecule has 2 N–H and O–H groups in total. The molecule has 0 bridgehead atoms. The summed E-state index contributed by atoms with van der Waals surface area (Å²) in [6.45, 7) is 0. The molecule has 0 atom stereocenters. The molecule has 0 aliphatic heterocycles. The van der Waals surface area contributed by atoms with E-state index in [0.717, 1.165) is 10.6 Å². The average molecular weight is 291 g/mol. The Morgan fingerprint density at radius 1 is 1.32 bits per heavy atom. The fourth-order valence-corrected chi connectivity index (χ4v) is 2.57. The number of nitrogen functional groups attached to an aromatic ring is 1. The molecule has 6 heteroatoms. The van der Waals surface area contributed by atoms with Crippen molar-refractivity contribution in [2.75, 3.05) is 12.0 Å². The Kier molecular flexibility index (Phi) is 3.08. The third-order valence-corrected chi connectivity index (χ3v) is 3.73. The van der Waals surface area contributed by atoms with Gasteiger partial charge >= 0.3 is 0 Å². The smallest absolute Gasteiger partial charge is 0.207 e. The monoisotopic (exact) mass is 290 g/mol. The maximum absolute atomic E-state index is 5.99. The van der Waals surface area contributed by atoms with Gasteiger partial charge in [-0.05, 0) is 30.5 Å². The van der Waals surface area contributed by atoms with Gasteiger partial charge in [-0.1, -0.05) is 17.7 Å². The predicted molar refractivity (Wildman–Crippen MR) is 80.1 cm³/mol. The molecule has 1 aromatic carbocycles. The number of nitrogens with two attached hydrogens (primary N) is 1. The zero-order valence-corrected chi connectivity index (χ0v) is 11.7. The Hall–Kier alpha value is -1.72. The highest BCUT2D eigenvalue weighted by Crippen LogP contribution is 2.25. The Labute approximate surface area is 119 Å². The molecule has 0 amide bonds. The van der Waals surface area contributed by atoms with Crippen LogP contribution >= 0.6 is 23.4 Å². The lowest BCUT2D eigenvalue weighted by atomic mass is 10.3. The van der Waals surface area contributed by atoms with Crippen LogP contribution in [0.25, 0.3) is 16.9 Å². The van der Waals surface area contributed by atoms with E-state index in [0.29, 0.717) is 22.1 Å². The minimum atomic E-state index is 0.406. The molecule has 0 spiro atoms. The van der Waals surface area contributed by atoms with Crippen LogP contribution in [-0.4, -0.2) is 20.8 Å². The maximum Gasteiger partial charge on any atom is 0.207 e. The Morgan fingerprint density at radius 2 is 2.16 bits per heavy atom. The van der Waals surface area contributed by atoms with Gasteiger partial charge in [0.2, 0.25) is 5.95 Å². The number of rotatable bonds is 2. The summed E-state index contributed by atoms with van der Waals surface area (Å²) in [5.41, 5.74) is 8.34. The zero-order chi connectivity index (χ0) is 13.4. The minimum absolute atomic E-state index is 0.406. The van der Waals surface area contributed by atoms with E-state index in [1.165, 1.54) is 0 Å². The molecule has 0 saturated heterocycles. The van der Waals surface area contributed by atoms with Gasteiger partial charge in [0.25, 0.3) is 0 Å². The summed E-state index contributed by atoms with van der Waals surface area (Å²) >= 11 is 7.60. The Morgan fingerprint density at radius 3 is 2.95 bits per heavy atom. The molecule has 3 aromatic rings. The van der Waals surface area contributed by atoms with Crippen LogP contribution in [0, 0.1) is 0 Å². The number of hydrogen-bond acceptors (Lipinski definition) is 4. The first-order chi connectivity index (χ1) is 9.19. The lowest BCUT2D eigenvalue weighted by Crippen LogP contribution is -2.01. The topological polar surface area (TPSA) is 56.7 Å². The minimum Gasteiger partial charge on any atom is -0.369 e. The van der Waals surface area contributed by atoms with E-state index < -0.39 is 0 Å². The van der Waals surface area contributed by atoms with Gasteiger partial charge in [0.15, 0.2) is 5.65 Å². The molecule has 0 radical (unpaired) electrons. The summed E-state index contributed by atoms with van der Waals surface area (Å²) in [4.78, 5) is 9.77. The number of benzene rings is 1. The molecule has 19 heavy (non-hydrogen) atoms. The van der Waals surface area contributed by atoms with Gasteiger partial charge in [-0.25, -0.2) is 9.97 Å². The molecular formula is C13H11ClN4S. The third kappa shape index (κ3) is 2.15. The van der Waals surface area contributed by atoms with Gasteiger partial charge < -0.3 is 5.73 Å². The molecule has 2 aromatic heterocycles. The van der Waals surface area contributed by atoms with Gasteiger partial charge in [-0.15, -0.1) is 11.8 Å². The van der Waals surface area contributed by atoms with Gasteiger partial charge in [-0.2, -0.15) is 0 Å². The van der Waals surface area contributed by atoms with Gasteiger partial charge in [-0.3, -0.25) is 4.57 Å². The van der Waals surface area contributed by atoms with E-state index in [-0.39, 0.29) is 0 Å². The van der Waals surface area contributed by atoms with E-state index in [1.54, 1.807) is 24.0 Å². The van der Waals surface area contributed by atoms with Crippen molar-refractivity contribution in [1.29, 1.82) is 0 Å². The summed E-state index contributed by atoms with van der Waals surface area (Å²) in [6.07, 6.45) is 3.63. The number of halogens is 1. The molecule has 0 saturated carbocycles. The fraction of sp³-hybridized carbons (Fsp3) is 0.0769. The molecular weight excluding hydrogens is 280 g/mol. The number of nitrogens with zero attached hydrogens (tertiary/aromatic N) is 3. The van der Waals surface area contributed by atoms with Gasteiger partial charge in [0.05, 0.1) is 10.7 Å². The molecule has 0 aliphatic carbocycles. The highest BCUT2D eigenvalue weighted by Gasteiger charge is 2.11. The van der Waals surface area contributed by atoms with Crippen molar-refractivity contribution in [3.63, 3.8) is 0 Å². The van der Waals surface area contributed by atoms with Crippen LogP contribution in [-0.2, 0) is 0 Å². The predicted octanol–water partition coefficient (Wildman–Crippen LogP) is 3.38. The molecule has 0 unspecified atom stereocenters. The van der Waals surface area contributed by atoms with Crippen molar-refractivity contribution in [2.45, 2.75) is 4.90 Å². The van der Waals surface area contributed by atoms with Crippen LogP contribution in [0.3, 0.4) is 0 Å². The van der Waals surface area contributed by atoms with E-state index in [4.69, 9.17) is 17.3 Å². The second kappa shape index (κ2) is 4.75. The first-order valence-electron chi connectivity index (χ1n) is 5.63. The highest BCUT2D eigenvalue weighted by molar-refractivity contribution is 7.98. The maximum atomic E-state index is 5.99. The van der Waals surface area contributed by atoms with E-state index in [9.17, 15) is 0 Å². The Balaban J connectivity index is 2.26.